The molecule has 23 heavy (non-hydrogen) atoms. The predicted molar refractivity (Wildman–Crippen MR) is 94.8 cm³/mol. The van der Waals surface area contributed by atoms with Gasteiger partial charge in [-0.15, -0.1) is 12.4 Å². The largest absolute Gasteiger partial charge is 0.497 e. The number of halogens is 1. The van der Waals surface area contributed by atoms with Gasteiger partial charge in [0.1, 0.15) is 5.75 Å². The number of amides is 1. The van der Waals surface area contributed by atoms with E-state index in [1.807, 2.05) is 49.4 Å². The zero-order chi connectivity index (χ0) is 15.5. The quantitative estimate of drug-likeness (QED) is 0.899. The first-order valence-corrected chi connectivity index (χ1v) is 7.49. The van der Waals surface area contributed by atoms with Crippen LogP contribution in [0.3, 0.4) is 0 Å². The van der Waals surface area contributed by atoms with Crippen LogP contribution in [0.2, 0.25) is 0 Å². The number of benzene rings is 2. The Morgan fingerprint density at radius 2 is 2.09 bits per heavy atom. The van der Waals surface area contributed by atoms with E-state index < -0.39 is 0 Å². The Kier molecular flexibility index (Phi) is 5.50. The summed E-state index contributed by atoms with van der Waals surface area (Å²) >= 11 is 0. The van der Waals surface area contributed by atoms with E-state index in [9.17, 15) is 4.79 Å². The van der Waals surface area contributed by atoms with Crippen LogP contribution in [-0.4, -0.2) is 19.6 Å². The van der Waals surface area contributed by atoms with Crippen molar-refractivity contribution >= 4 is 24.0 Å². The number of nitrogens with one attached hydrogen (secondary N) is 2. The summed E-state index contributed by atoms with van der Waals surface area (Å²) < 4.78 is 5.23. The Labute approximate surface area is 142 Å². The van der Waals surface area contributed by atoms with Crippen LogP contribution in [0.1, 0.15) is 34.5 Å². The maximum atomic E-state index is 12.4. The van der Waals surface area contributed by atoms with E-state index >= 15 is 0 Å². The monoisotopic (exact) mass is 332 g/mol. The Morgan fingerprint density at radius 3 is 2.87 bits per heavy atom. The van der Waals surface area contributed by atoms with Crippen molar-refractivity contribution in [1.29, 1.82) is 0 Å². The van der Waals surface area contributed by atoms with Crippen LogP contribution in [0.5, 0.6) is 5.75 Å². The molecule has 1 aliphatic heterocycles. The molecule has 5 heteroatoms. The lowest BCUT2D eigenvalue weighted by atomic mass is 10.1. The zero-order valence-corrected chi connectivity index (χ0v) is 14.1. The molecule has 0 radical (unpaired) electrons. The molecule has 1 aliphatic rings. The second-order valence-electron chi connectivity index (χ2n) is 5.52. The average Bonchev–Trinajstić information content (AvgIpc) is 3.02. The number of methoxy groups -OCH3 is 1. The van der Waals surface area contributed by atoms with Gasteiger partial charge < -0.3 is 15.4 Å². The van der Waals surface area contributed by atoms with Gasteiger partial charge in [0, 0.05) is 17.8 Å². The van der Waals surface area contributed by atoms with E-state index in [1.54, 1.807) is 7.11 Å². The number of anilines is 1. The Balaban J connectivity index is 0.00000192. The fourth-order valence-corrected chi connectivity index (χ4v) is 2.72. The number of ether oxygens (including phenoxy) is 1. The SMILES string of the molecule is COc1cccc(C(C)NC(=O)c2ccc3c(c2)CCN3)c1.Cl. The average molecular weight is 333 g/mol. The van der Waals surface area contributed by atoms with Gasteiger partial charge in [0.05, 0.1) is 13.2 Å². The lowest BCUT2D eigenvalue weighted by molar-refractivity contribution is 0.0940. The summed E-state index contributed by atoms with van der Waals surface area (Å²) in [5.74, 6) is 0.743. The van der Waals surface area contributed by atoms with Crippen molar-refractivity contribution in [2.75, 3.05) is 19.0 Å². The predicted octanol–water partition coefficient (Wildman–Crippen LogP) is 3.58. The van der Waals surface area contributed by atoms with E-state index in [0.29, 0.717) is 5.56 Å². The molecule has 4 nitrogen and oxygen atoms in total. The first-order valence-electron chi connectivity index (χ1n) is 7.49. The first kappa shape index (κ1) is 17.2. The highest BCUT2D eigenvalue weighted by Gasteiger charge is 2.15. The highest BCUT2D eigenvalue weighted by Crippen LogP contribution is 2.24. The van der Waals surface area contributed by atoms with E-state index in [-0.39, 0.29) is 24.4 Å². The van der Waals surface area contributed by atoms with Crippen molar-refractivity contribution in [3.05, 3.63) is 59.2 Å². The molecular weight excluding hydrogens is 312 g/mol. The maximum Gasteiger partial charge on any atom is 0.251 e. The molecule has 0 fully saturated rings. The minimum Gasteiger partial charge on any atom is -0.497 e. The second-order valence-corrected chi connectivity index (χ2v) is 5.52. The van der Waals surface area contributed by atoms with Crippen molar-refractivity contribution < 1.29 is 9.53 Å². The molecule has 1 atom stereocenters. The Morgan fingerprint density at radius 1 is 1.26 bits per heavy atom. The molecule has 1 heterocycles. The zero-order valence-electron chi connectivity index (χ0n) is 13.3. The van der Waals surface area contributed by atoms with E-state index in [4.69, 9.17) is 4.74 Å². The van der Waals surface area contributed by atoms with Crippen LogP contribution in [-0.2, 0) is 6.42 Å². The topological polar surface area (TPSA) is 50.4 Å². The maximum absolute atomic E-state index is 12.4. The lowest BCUT2D eigenvalue weighted by Crippen LogP contribution is -2.26. The van der Waals surface area contributed by atoms with Gasteiger partial charge in [-0.3, -0.25) is 4.79 Å². The fourth-order valence-electron chi connectivity index (χ4n) is 2.72. The molecule has 2 aromatic carbocycles. The molecule has 3 rings (SSSR count). The number of carbonyl (C=O) groups excluding carboxylic acids is 1. The van der Waals surface area contributed by atoms with Gasteiger partial charge >= 0.3 is 0 Å². The van der Waals surface area contributed by atoms with E-state index in [1.165, 1.54) is 5.56 Å². The summed E-state index contributed by atoms with van der Waals surface area (Å²) in [4.78, 5) is 12.4. The summed E-state index contributed by atoms with van der Waals surface area (Å²) in [7, 11) is 1.64. The van der Waals surface area contributed by atoms with Crippen molar-refractivity contribution in [2.24, 2.45) is 0 Å². The summed E-state index contributed by atoms with van der Waals surface area (Å²) in [5.41, 5.74) is 4.08. The van der Waals surface area contributed by atoms with Crippen molar-refractivity contribution in [3.8, 4) is 5.75 Å². The van der Waals surface area contributed by atoms with Crippen molar-refractivity contribution in [1.82, 2.24) is 5.32 Å². The van der Waals surface area contributed by atoms with Gasteiger partial charge in [-0.25, -0.2) is 0 Å². The van der Waals surface area contributed by atoms with Crippen LogP contribution in [0, 0.1) is 0 Å². The van der Waals surface area contributed by atoms with Crippen molar-refractivity contribution in [3.63, 3.8) is 0 Å². The summed E-state index contributed by atoms with van der Waals surface area (Å²) in [6, 6.07) is 13.5. The molecule has 0 bridgehead atoms. The molecule has 0 saturated carbocycles. The smallest absolute Gasteiger partial charge is 0.251 e. The Hall–Kier alpha value is -2.20. The minimum absolute atomic E-state index is 0. The highest BCUT2D eigenvalue weighted by molar-refractivity contribution is 5.95. The standard InChI is InChI=1S/C18H20N2O2.ClH/c1-12(13-4-3-5-16(11-13)22-2)20-18(21)15-6-7-17-14(10-15)8-9-19-17;/h3-7,10-12,19H,8-9H2,1-2H3,(H,20,21);1H. The van der Waals surface area contributed by atoms with Gasteiger partial charge in [0.25, 0.3) is 5.91 Å². The molecule has 0 aromatic heterocycles. The number of carbonyl (C=O) groups is 1. The van der Waals surface area contributed by atoms with Crippen LogP contribution < -0.4 is 15.4 Å². The fraction of sp³-hybridized carbons (Fsp3) is 0.278. The summed E-state index contributed by atoms with van der Waals surface area (Å²) in [6.45, 7) is 2.92. The molecule has 1 unspecified atom stereocenters. The molecule has 1 amide bonds. The first-order chi connectivity index (χ1) is 10.7. The highest BCUT2D eigenvalue weighted by atomic mass is 35.5. The van der Waals surface area contributed by atoms with Gasteiger partial charge in [-0.2, -0.15) is 0 Å². The van der Waals surface area contributed by atoms with Crippen molar-refractivity contribution in [2.45, 2.75) is 19.4 Å². The molecular formula is C18H21ClN2O2. The summed E-state index contributed by atoms with van der Waals surface area (Å²) in [5, 5.41) is 6.34. The third-order valence-corrected chi connectivity index (χ3v) is 4.02. The molecule has 0 spiro atoms. The Bertz CT molecular complexity index is 703. The minimum atomic E-state index is -0.0750. The third kappa shape index (κ3) is 3.77. The molecule has 0 aliphatic carbocycles. The van der Waals surface area contributed by atoms with Gasteiger partial charge in [0.2, 0.25) is 0 Å². The van der Waals surface area contributed by atoms with Gasteiger partial charge in [-0.1, -0.05) is 12.1 Å². The molecule has 0 saturated heterocycles. The molecule has 2 N–H and O–H groups in total. The van der Waals surface area contributed by atoms with Crippen LogP contribution in [0.4, 0.5) is 5.69 Å². The van der Waals surface area contributed by atoms with Gasteiger partial charge in [0.15, 0.2) is 0 Å². The van der Waals surface area contributed by atoms with E-state index in [2.05, 4.69) is 10.6 Å². The van der Waals surface area contributed by atoms with Crippen LogP contribution in [0.15, 0.2) is 42.5 Å². The van der Waals surface area contributed by atoms with Gasteiger partial charge in [-0.05, 0) is 54.8 Å². The second kappa shape index (κ2) is 7.38. The lowest BCUT2D eigenvalue weighted by Gasteiger charge is -2.15. The molecule has 2 aromatic rings. The normalized spacial score (nSPS) is 13.3. The number of hydrogen-bond acceptors (Lipinski definition) is 3. The molecule has 122 valence electrons. The summed E-state index contributed by atoms with van der Waals surface area (Å²) in [6.07, 6.45) is 0.974. The number of hydrogen-bond donors (Lipinski definition) is 2. The number of fused-ring (bicyclic) bond motifs is 1. The van der Waals surface area contributed by atoms with E-state index in [0.717, 1.165) is 30.0 Å². The van der Waals surface area contributed by atoms with Crippen LogP contribution in [0.25, 0.3) is 0 Å². The van der Waals surface area contributed by atoms with Crippen LogP contribution >= 0.6 is 12.4 Å². The third-order valence-electron chi connectivity index (χ3n) is 4.02. The number of rotatable bonds is 4.